The van der Waals surface area contributed by atoms with Gasteiger partial charge < -0.3 is 4.74 Å². The molecule has 1 heterocycles. The fraction of sp³-hybridized carbons (Fsp3) is 0.357. The van der Waals surface area contributed by atoms with E-state index in [1.165, 1.54) is 0 Å². The number of benzene rings is 1. The van der Waals surface area contributed by atoms with Gasteiger partial charge in [0, 0.05) is 0 Å². The Labute approximate surface area is 106 Å². The van der Waals surface area contributed by atoms with Crippen molar-refractivity contribution in [2.24, 2.45) is 5.92 Å². The van der Waals surface area contributed by atoms with Gasteiger partial charge in [-0.3, -0.25) is 0 Å². The van der Waals surface area contributed by atoms with Crippen molar-refractivity contribution in [2.75, 3.05) is 0 Å². The summed E-state index contributed by atoms with van der Waals surface area (Å²) in [4.78, 5) is 11.5. The maximum absolute atomic E-state index is 11.5. The average Bonchev–Trinajstić information content (AvgIpc) is 2.28. The van der Waals surface area contributed by atoms with Gasteiger partial charge in [-0.25, -0.2) is 4.79 Å². The van der Waals surface area contributed by atoms with E-state index in [0.29, 0.717) is 16.5 Å². The number of rotatable bonds is 3. The molecular weight excluding hydrogens is 236 g/mol. The molecule has 1 aromatic carbocycles. The van der Waals surface area contributed by atoms with Gasteiger partial charge in [-0.05, 0) is 17.9 Å². The van der Waals surface area contributed by atoms with Gasteiger partial charge in [0.15, 0.2) is 0 Å². The molecule has 0 aromatic heterocycles. The molecule has 1 fully saturated rings. The Bertz CT molecular complexity index is 449. The van der Waals surface area contributed by atoms with Crippen LogP contribution in [0.2, 0.25) is 0 Å². The highest BCUT2D eigenvalue weighted by molar-refractivity contribution is 6.51. The van der Waals surface area contributed by atoms with Gasteiger partial charge in [-0.1, -0.05) is 55.8 Å². The van der Waals surface area contributed by atoms with Gasteiger partial charge in [-0.2, -0.15) is 0 Å². The first-order valence-electron chi connectivity index (χ1n) is 5.75. The molecule has 0 N–H and O–H groups in total. The lowest BCUT2D eigenvalue weighted by molar-refractivity contribution is -0.156. The van der Waals surface area contributed by atoms with E-state index < -0.39 is 0 Å². The van der Waals surface area contributed by atoms with Gasteiger partial charge in [0.25, 0.3) is 0 Å². The standard InChI is InChI=1S/C14H15ClO2/c1-9(2)8-11-12(14(16)17-11)13(15)10-6-4-3-5-7-10/h3-7,9,11H,8H2,1-2H3/b13-12-. The highest BCUT2D eigenvalue weighted by Gasteiger charge is 2.38. The Balaban J connectivity index is 2.27. The van der Waals surface area contributed by atoms with Crippen LogP contribution in [-0.4, -0.2) is 12.1 Å². The third-order valence-electron chi connectivity index (χ3n) is 2.74. The maximum atomic E-state index is 11.5. The largest absolute Gasteiger partial charge is 0.454 e. The van der Waals surface area contributed by atoms with Crippen molar-refractivity contribution in [3.05, 3.63) is 41.5 Å². The lowest BCUT2D eigenvalue weighted by atomic mass is 9.93. The van der Waals surface area contributed by atoms with Crippen LogP contribution >= 0.6 is 11.6 Å². The molecule has 0 bridgehead atoms. The Morgan fingerprint density at radius 1 is 1.35 bits per heavy atom. The summed E-state index contributed by atoms with van der Waals surface area (Å²) < 4.78 is 5.12. The van der Waals surface area contributed by atoms with E-state index in [1.807, 2.05) is 30.3 Å². The zero-order valence-electron chi connectivity index (χ0n) is 9.94. The van der Waals surface area contributed by atoms with Crippen molar-refractivity contribution in [2.45, 2.75) is 26.4 Å². The molecule has 0 radical (unpaired) electrons. The number of ether oxygens (including phenoxy) is 1. The number of carbonyl (C=O) groups excluding carboxylic acids is 1. The van der Waals surface area contributed by atoms with Crippen LogP contribution < -0.4 is 0 Å². The first-order chi connectivity index (χ1) is 8.09. The predicted octanol–water partition coefficient (Wildman–Crippen LogP) is 3.61. The SMILES string of the molecule is CC(C)CC1OC(=O)/C1=C(\Cl)c1ccccc1. The highest BCUT2D eigenvalue weighted by Crippen LogP contribution is 2.35. The number of hydrogen-bond donors (Lipinski definition) is 0. The third-order valence-corrected chi connectivity index (χ3v) is 3.16. The molecule has 1 aliphatic heterocycles. The van der Waals surface area contributed by atoms with Crippen LogP contribution in [0.15, 0.2) is 35.9 Å². The molecule has 0 saturated carbocycles. The molecule has 1 atom stereocenters. The zero-order chi connectivity index (χ0) is 12.4. The fourth-order valence-corrected chi connectivity index (χ4v) is 2.21. The summed E-state index contributed by atoms with van der Waals surface area (Å²) in [6.45, 7) is 4.19. The molecule has 2 nitrogen and oxygen atoms in total. The van der Waals surface area contributed by atoms with Crippen molar-refractivity contribution >= 4 is 22.6 Å². The Morgan fingerprint density at radius 2 is 2.00 bits per heavy atom. The molecule has 0 aliphatic carbocycles. The summed E-state index contributed by atoms with van der Waals surface area (Å²) in [7, 11) is 0. The van der Waals surface area contributed by atoms with Crippen molar-refractivity contribution in [1.29, 1.82) is 0 Å². The van der Waals surface area contributed by atoms with Crippen molar-refractivity contribution in [1.82, 2.24) is 0 Å². The van der Waals surface area contributed by atoms with Gasteiger partial charge >= 0.3 is 5.97 Å². The van der Waals surface area contributed by atoms with Crippen LogP contribution in [0.25, 0.3) is 5.03 Å². The molecule has 0 amide bonds. The highest BCUT2D eigenvalue weighted by atomic mass is 35.5. The Morgan fingerprint density at radius 3 is 2.53 bits per heavy atom. The summed E-state index contributed by atoms with van der Waals surface area (Å²) in [5.41, 5.74) is 1.49. The van der Waals surface area contributed by atoms with Crippen LogP contribution in [0.5, 0.6) is 0 Å². The molecule has 90 valence electrons. The zero-order valence-corrected chi connectivity index (χ0v) is 10.7. The van der Waals surface area contributed by atoms with E-state index in [-0.39, 0.29) is 12.1 Å². The lowest BCUT2D eigenvalue weighted by Gasteiger charge is -2.31. The number of cyclic esters (lactones) is 1. The van der Waals surface area contributed by atoms with Crippen LogP contribution in [-0.2, 0) is 9.53 Å². The summed E-state index contributed by atoms with van der Waals surface area (Å²) >= 11 is 6.26. The van der Waals surface area contributed by atoms with E-state index in [0.717, 1.165) is 12.0 Å². The summed E-state index contributed by atoms with van der Waals surface area (Å²) in [6.07, 6.45) is 0.680. The van der Waals surface area contributed by atoms with Gasteiger partial charge in [0.05, 0.1) is 10.6 Å². The number of hydrogen-bond acceptors (Lipinski definition) is 2. The minimum Gasteiger partial charge on any atom is -0.454 e. The fourth-order valence-electron chi connectivity index (χ4n) is 1.89. The van der Waals surface area contributed by atoms with E-state index in [2.05, 4.69) is 13.8 Å². The summed E-state index contributed by atoms with van der Waals surface area (Å²) in [6, 6.07) is 9.52. The minimum absolute atomic E-state index is 0.143. The van der Waals surface area contributed by atoms with Gasteiger partial charge in [0.1, 0.15) is 6.10 Å². The summed E-state index contributed by atoms with van der Waals surface area (Å²) in [5, 5.41) is 0.521. The molecular formula is C14H15ClO2. The number of carbonyl (C=O) groups is 1. The van der Waals surface area contributed by atoms with Crippen molar-refractivity contribution < 1.29 is 9.53 Å². The second-order valence-electron chi connectivity index (χ2n) is 4.62. The van der Waals surface area contributed by atoms with Gasteiger partial charge in [-0.15, -0.1) is 0 Å². The topological polar surface area (TPSA) is 26.3 Å². The molecule has 1 aromatic rings. The maximum Gasteiger partial charge on any atom is 0.339 e. The first-order valence-corrected chi connectivity index (χ1v) is 6.13. The molecule has 3 heteroatoms. The van der Waals surface area contributed by atoms with Crippen molar-refractivity contribution in [3.63, 3.8) is 0 Å². The lowest BCUT2D eigenvalue weighted by Crippen LogP contribution is -2.38. The Kier molecular flexibility index (Phi) is 3.53. The van der Waals surface area contributed by atoms with E-state index >= 15 is 0 Å². The normalized spacial score (nSPS) is 22.1. The summed E-state index contributed by atoms with van der Waals surface area (Å²) in [5.74, 6) is 0.188. The molecule has 1 unspecified atom stereocenters. The number of halogens is 1. The molecule has 0 spiro atoms. The Hall–Kier alpha value is -1.28. The number of esters is 1. The van der Waals surface area contributed by atoms with Crippen molar-refractivity contribution in [3.8, 4) is 0 Å². The quantitative estimate of drug-likeness (QED) is 0.605. The van der Waals surface area contributed by atoms with Crippen LogP contribution in [0.3, 0.4) is 0 Å². The van der Waals surface area contributed by atoms with E-state index in [4.69, 9.17) is 16.3 Å². The minimum atomic E-state index is -0.287. The predicted molar refractivity (Wildman–Crippen MR) is 68.6 cm³/mol. The molecule has 1 saturated heterocycles. The third kappa shape index (κ3) is 2.52. The van der Waals surface area contributed by atoms with Gasteiger partial charge in [0.2, 0.25) is 0 Å². The second kappa shape index (κ2) is 4.92. The first kappa shape index (κ1) is 12.2. The molecule has 1 aliphatic rings. The average molecular weight is 251 g/mol. The van der Waals surface area contributed by atoms with Crippen LogP contribution in [0, 0.1) is 5.92 Å². The van der Waals surface area contributed by atoms with E-state index in [1.54, 1.807) is 0 Å². The molecule has 2 rings (SSSR count). The smallest absolute Gasteiger partial charge is 0.339 e. The van der Waals surface area contributed by atoms with Crippen LogP contribution in [0.4, 0.5) is 0 Å². The van der Waals surface area contributed by atoms with Crippen LogP contribution in [0.1, 0.15) is 25.8 Å². The van der Waals surface area contributed by atoms with E-state index in [9.17, 15) is 4.79 Å². The second-order valence-corrected chi connectivity index (χ2v) is 5.00. The molecule has 17 heavy (non-hydrogen) atoms. The monoisotopic (exact) mass is 250 g/mol.